The Morgan fingerprint density at radius 3 is 2.82 bits per heavy atom. The van der Waals surface area contributed by atoms with Gasteiger partial charge in [0, 0.05) is 22.7 Å². The van der Waals surface area contributed by atoms with E-state index < -0.39 is 0 Å². The lowest BCUT2D eigenvalue weighted by molar-refractivity contribution is 0.112. The molecule has 17 heavy (non-hydrogen) atoms. The zero-order valence-corrected chi connectivity index (χ0v) is 11.4. The van der Waals surface area contributed by atoms with Crippen molar-refractivity contribution in [3.05, 3.63) is 33.8 Å². The van der Waals surface area contributed by atoms with Crippen molar-refractivity contribution in [2.75, 3.05) is 13.2 Å². The zero-order valence-electron chi connectivity index (χ0n) is 9.88. The van der Waals surface area contributed by atoms with Crippen LogP contribution in [0.4, 0.5) is 0 Å². The molecule has 0 amide bonds. The third kappa shape index (κ3) is 5.23. The molecule has 0 heterocycles. The minimum atomic E-state index is 0.0394. The van der Waals surface area contributed by atoms with Gasteiger partial charge in [-0.2, -0.15) is 0 Å². The fraction of sp³-hybridized carbons (Fsp3) is 0.500. The number of nitrogens with one attached hydrogen (secondary N) is 1. The molecule has 0 aromatic heterocycles. The van der Waals surface area contributed by atoms with Gasteiger partial charge in [0.25, 0.3) is 0 Å². The van der Waals surface area contributed by atoms with Gasteiger partial charge in [0.1, 0.15) is 0 Å². The highest BCUT2D eigenvalue weighted by molar-refractivity contribution is 6.33. The first-order chi connectivity index (χ1) is 8.17. The molecule has 3 N–H and O–H groups in total. The lowest BCUT2D eigenvalue weighted by Gasteiger charge is -2.16. The Hall–Kier alpha value is -0.320. The molecule has 1 aromatic rings. The molecule has 1 aromatic carbocycles. The molecule has 0 radical (unpaired) electrons. The van der Waals surface area contributed by atoms with Crippen LogP contribution in [-0.2, 0) is 11.2 Å². The average molecular weight is 277 g/mol. The average Bonchev–Trinajstić information content (AvgIpc) is 2.32. The van der Waals surface area contributed by atoms with Crippen LogP contribution in [0.25, 0.3) is 0 Å². The van der Waals surface area contributed by atoms with Gasteiger partial charge >= 0.3 is 0 Å². The summed E-state index contributed by atoms with van der Waals surface area (Å²) in [6, 6.07) is 5.46. The molecule has 0 aliphatic carbocycles. The number of hydrogen-bond donors (Lipinski definition) is 2. The molecule has 3 nitrogen and oxygen atoms in total. The largest absolute Gasteiger partial charge is 0.380 e. The Bertz CT molecular complexity index is 347. The first-order valence-corrected chi connectivity index (χ1v) is 6.40. The third-order valence-electron chi connectivity index (χ3n) is 2.38. The van der Waals surface area contributed by atoms with Crippen molar-refractivity contribution >= 4 is 23.2 Å². The minimum Gasteiger partial charge on any atom is -0.380 e. The van der Waals surface area contributed by atoms with Gasteiger partial charge in [0.05, 0.1) is 6.61 Å². The van der Waals surface area contributed by atoms with E-state index in [4.69, 9.17) is 33.8 Å². The maximum absolute atomic E-state index is 6.09. The summed E-state index contributed by atoms with van der Waals surface area (Å²) in [5, 5.41) is 1.37. The first kappa shape index (κ1) is 14.7. The fourth-order valence-corrected chi connectivity index (χ4v) is 1.89. The lowest BCUT2D eigenvalue weighted by Crippen LogP contribution is -2.40. The van der Waals surface area contributed by atoms with Crippen LogP contribution in [0.5, 0.6) is 0 Å². The summed E-state index contributed by atoms with van der Waals surface area (Å²) in [6.45, 7) is 3.37. The van der Waals surface area contributed by atoms with E-state index in [1.807, 2.05) is 6.07 Å². The van der Waals surface area contributed by atoms with Crippen LogP contribution in [0, 0.1) is 0 Å². The van der Waals surface area contributed by atoms with Gasteiger partial charge in [-0.15, -0.1) is 0 Å². The van der Waals surface area contributed by atoms with Crippen LogP contribution in [0.3, 0.4) is 0 Å². The van der Waals surface area contributed by atoms with E-state index in [0.29, 0.717) is 23.1 Å². The quantitative estimate of drug-likeness (QED) is 0.457. The Labute approximate surface area is 112 Å². The number of nitrogens with two attached hydrogens (primary N) is 1. The van der Waals surface area contributed by atoms with E-state index >= 15 is 0 Å². The molecule has 1 unspecified atom stereocenters. The standard InChI is InChI=1S/C12H18Cl2N2O/c1-2-5-17-8-11(16-15)7-9-6-10(13)3-4-12(9)14/h3-4,6,11,16H,2,5,7-8,15H2,1H3. The number of hydrazine groups is 1. The van der Waals surface area contributed by atoms with E-state index in [1.165, 1.54) is 0 Å². The maximum Gasteiger partial charge on any atom is 0.0636 e. The Kier molecular flexibility index (Phi) is 6.85. The first-order valence-electron chi connectivity index (χ1n) is 5.65. The molecule has 0 aliphatic heterocycles. The second-order valence-electron chi connectivity index (χ2n) is 3.88. The van der Waals surface area contributed by atoms with Crippen LogP contribution in [-0.4, -0.2) is 19.3 Å². The predicted octanol–water partition coefficient (Wildman–Crippen LogP) is 2.79. The van der Waals surface area contributed by atoms with Crippen LogP contribution < -0.4 is 11.3 Å². The summed E-state index contributed by atoms with van der Waals surface area (Å²) in [4.78, 5) is 0. The third-order valence-corrected chi connectivity index (χ3v) is 2.98. The highest BCUT2D eigenvalue weighted by Crippen LogP contribution is 2.21. The number of benzene rings is 1. The SMILES string of the molecule is CCCOCC(Cc1cc(Cl)ccc1Cl)NN. The van der Waals surface area contributed by atoms with Crippen molar-refractivity contribution < 1.29 is 4.74 Å². The summed E-state index contributed by atoms with van der Waals surface area (Å²) in [5.41, 5.74) is 3.70. The van der Waals surface area contributed by atoms with Crippen molar-refractivity contribution in [3.8, 4) is 0 Å². The van der Waals surface area contributed by atoms with Gasteiger partial charge < -0.3 is 4.74 Å². The molecule has 0 spiro atoms. The van der Waals surface area contributed by atoms with Gasteiger partial charge in [-0.3, -0.25) is 11.3 Å². The summed E-state index contributed by atoms with van der Waals surface area (Å²) in [5.74, 6) is 5.48. The number of hydrogen-bond acceptors (Lipinski definition) is 3. The monoisotopic (exact) mass is 276 g/mol. The summed E-state index contributed by atoms with van der Waals surface area (Å²) in [7, 11) is 0. The highest BCUT2D eigenvalue weighted by atomic mass is 35.5. The Balaban J connectivity index is 2.57. The molecule has 1 atom stereocenters. The van der Waals surface area contributed by atoms with Crippen molar-refractivity contribution in [2.45, 2.75) is 25.8 Å². The van der Waals surface area contributed by atoms with Crippen LogP contribution in [0.15, 0.2) is 18.2 Å². The van der Waals surface area contributed by atoms with E-state index in [0.717, 1.165) is 18.6 Å². The molecule has 0 fully saturated rings. The topological polar surface area (TPSA) is 47.3 Å². The summed E-state index contributed by atoms with van der Waals surface area (Å²) < 4.78 is 5.46. The molecule has 0 saturated heterocycles. The predicted molar refractivity (Wildman–Crippen MR) is 72.4 cm³/mol. The zero-order chi connectivity index (χ0) is 12.7. The minimum absolute atomic E-state index is 0.0394. The molecule has 96 valence electrons. The van der Waals surface area contributed by atoms with Crippen molar-refractivity contribution in [1.29, 1.82) is 0 Å². The molecular formula is C12H18Cl2N2O. The maximum atomic E-state index is 6.09. The molecule has 0 bridgehead atoms. The molecule has 1 rings (SSSR count). The van der Waals surface area contributed by atoms with E-state index in [9.17, 15) is 0 Å². The smallest absolute Gasteiger partial charge is 0.0636 e. The fourth-order valence-electron chi connectivity index (χ4n) is 1.50. The second-order valence-corrected chi connectivity index (χ2v) is 4.72. The van der Waals surface area contributed by atoms with Crippen molar-refractivity contribution in [1.82, 2.24) is 5.43 Å². The molecule has 0 aliphatic rings. The summed E-state index contributed by atoms with van der Waals surface area (Å²) in [6.07, 6.45) is 1.69. The van der Waals surface area contributed by atoms with Gasteiger partial charge in [0.15, 0.2) is 0 Å². The van der Waals surface area contributed by atoms with Gasteiger partial charge in [-0.1, -0.05) is 30.1 Å². The molecule has 5 heteroatoms. The van der Waals surface area contributed by atoms with Crippen molar-refractivity contribution in [3.63, 3.8) is 0 Å². The van der Waals surface area contributed by atoms with Gasteiger partial charge in [0.2, 0.25) is 0 Å². The van der Waals surface area contributed by atoms with Crippen LogP contribution >= 0.6 is 23.2 Å². The van der Waals surface area contributed by atoms with E-state index in [-0.39, 0.29) is 6.04 Å². The van der Waals surface area contributed by atoms with E-state index in [2.05, 4.69) is 12.3 Å². The highest BCUT2D eigenvalue weighted by Gasteiger charge is 2.10. The van der Waals surface area contributed by atoms with Crippen molar-refractivity contribution in [2.24, 2.45) is 5.84 Å². The lowest BCUT2D eigenvalue weighted by atomic mass is 10.1. The molecular weight excluding hydrogens is 259 g/mol. The number of ether oxygens (including phenoxy) is 1. The van der Waals surface area contributed by atoms with Gasteiger partial charge in [-0.05, 0) is 36.6 Å². The van der Waals surface area contributed by atoms with E-state index in [1.54, 1.807) is 12.1 Å². The number of halogens is 2. The van der Waals surface area contributed by atoms with Crippen LogP contribution in [0.1, 0.15) is 18.9 Å². The number of rotatable bonds is 7. The second kappa shape index (κ2) is 7.90. The normalized spacial score (nSPS) is 12.7. The molecule has 0 saturated carbocycles. The van der Waals surface area contributed by atoms with Crippen LogP contribution in [0.2, 0.25) is 10.0 Å². The Morgan fingerprint density at radius 2 is 2.18 bits per heavy atom. The summed E-state index contributed by atoms with van der Waals surface area (Å²) >= 11 is 12.0. The Morgan fingerprint density at radius 1 is 1.41 bits per heavy atom. The van der Waals surface area contributed by atoms with Gasteiger partial charge in [-0.25, -0.2) is 0 Å².